The number of hydrogen-bond acceptors (Lipinski definition) is 5. The number of rotatable bonds is 5. The zero-order chi connectivity index (χ0) is 15.4. The zero-order valence-corrected chi connectivity index (χ0v) is 12.2. The smallest absolute Gasteiger partial charge is 0.292 e. The van der Waals surface area contributed by atoms with E-state index in [0.29, 0.717) is 27.9 Å². The second-order valence-corrected chi connectivity index (χ2v) is 4.49. The zero-order valence-electron chi connectivity index (χ0n) is 11.4. The third kappa shape index (κ3) is 3.17. The first-order valence-electron chi connectivity index (χ1n) is 5.98. The summed E-state index contributed by atoms with van der Waals surface area (Å²) in [6.07, 6.45) is 0. The van der Waals surface area contributed by atoms with Gasteiger partial charge in [0.15, 0.2) is 0 Å². The SMILES string of the molecule is COc1cc(OC)c(Nc2ccccc2[N+](=O)[O-])cc1Cl. The van der Waals surface area contributed by atoms with E-state index in [1.165, 1.54) is 20.3 Å². The van der Waals surface area contributed by atoms with E-state index in [-0.39, 0.29) is 5.69 Å². The Morgan fingerprint density at radius 1 is 1.10 bits per heavy atom. The Hall–Kier alpha value is -2.47. The molecule has 0 amide bonds. The molecule has 0 aliphatic rings. The minimum absolute atomic E-state index is 0.0357. The number of para-hydroxylation sites is 2. The monoisotopic (exact) mass is 308 g/mol. The number of methoxy groups -OCH3 is 2. The lowest BCUT2D eigenvalue weighted by atomic mass is 10.2. The fraction of sp³-hybridized carbons (Fsp3) is 0.143. The normalized spacial score (nSPS) is 10.0. The van der Waals surface area contributed by atoms with Crippen molar-refractivity contribution in [2.24, 2.45) is 0 Å². The summed E-state index contributed by atoms with van der Waals surface area (Å²) in [6.45, 7) is 0. The van der Waals surface area contributed by atoms with Crippen LogP contribution in [-0.2, 0) is 0 Å². The van der Waals surface area contributed by atoms with Crippen LogP contribution in [0, 0.1) is 10.1 Å². The molecular weight excluding hydrogens is 296 g/mol. The van der Waals surface area contributed by atoms with Crippen LogP contribution in [0.3, 0.4) is 0 Å². The summed E-state index contributed by atoms with van der Waals surface area (Å²) in [7, 11) is 2.99. The predicted octanol–water partition coefficient (Wildman–Crippen LogP) is 4.01. The quantitative estimate of drug-likeness (QED) is 0.667. The first kappa shape index (κ1) is 14.9. The molecule has 2 rings (SSSR count). The van der Waals surface area contributed by atoms with E-state index in [2.05, 4.69) is 5.32 Å². The van der Waals surface area contributed by atoms with Crippen LogP contribution in [0.15, 0.2) is 36.4 Å². The summed E-state index contributed by atoms with van der Waals surface area (Å²) in [5, 5.41) is 14.4. The maximum Gasteiger partial charge on any atom is 0.292 e. The number of nitrogens with one attached hydrogen (secondary N) is 1. The molecule has 0 radical (unpaired) electrons. The van der Waals surface area contributed by atoms with Gasteiger partial charge in [-0.15, -0.1) is 0 Å². The molecule has 0 spiro atoms. The largest absolute Gasteiger partial charge is 0.495 e. The Balaban J connectivity index is 2.44. The number of nitro groups is 1. The van der Waals surface area contributed by atoms with Crippen LogP contribution in [0.25, 0.3) is 0 Å². The molecule has 0 aliphatic carbocycles. The topological polar surface area (TPSA) is 73.6 Å². The standard InChI is InChI=1S/C14H13ClN2O4/c1-20-13-8-14(21-2)11(7-9(13)15)16-10-5-3-4-6-12(10)17(18)19/h3-8,16H,1-2H3. The number of hydrogen-bond donors (Lipinski definition) is 1. The van der Waals surface area contributed by atoms with Gasteiger partial charge in [0, 0.05) is 12.1 Å². The number of nitrogens with zero attached hydrogens (tertiary/aromatic N) is 1. The van der Waals surface area contributed by atoms with E-state index >= 15 is 0 Å². The average molecular weight is 309 g/mol. The fourth-order valence-corrected chi connectivity index (χ4v) is 2.08. The minimum atomic E-state index is -0.458. The molecule has 21 heavy (non-hydrogen) atoms. The van der Waals surface area contributed by atoms with Crippen LogP contribution >= 0.6 is 11.6 Å². The molecule has 0 aromatic heterocycles. The Bertz CT molecular complexity index is 676. The van der Waals surface area contributed by atoms with E-state index in [0.717, 1.165) is 0 Å². The summed E-state index contributed by atoms with van der Waals surface area (Å²) in [6, 6.07) is 9.53. The highest BCUT2D eigenvalue weighted by molar-refractivity contribution is 6.32. The van der Waals surface area contributed by atoms with Crippen molar-refractivity contribution in [3.05, 3.63) is 51.5 Å². The first-order chi connectivity index (χ1) is 10.1. The minimum Gasteiger partial charge on any atom is -0.495 e. The highest BCUT2D eigenvalue weighted by Gasteiger charge is 2.16. The second-order valence-electron chi connectivity index (χ2n) is 4.09. The Labute approximate surface area is 126 Å². The number of halogens is 1. The van der Waals surface area contributed by atoms with Crippen LogP contribution in [-0.4, -0.2) is 19.1 Å². The van der Waals surface area contributed by atoms with Crippen molar-refractivity contribution < 1.29 is 14.4 Å². The van der Waals surface area contributed by atoms with Gasteiger partial charge in [-0.05, 0) is 12.1 Å². The summed E-state index contributed by atoms with van der Waals surface area (Å²) in [5.41, 5.74) is 0.825. The van der Waals surface area contributed by atoms with Crippen LogP contribution in [0.5, 0.6) is 11.5 Å². The van der Waals surface area contributed by atoms with Gasteiger partial charge in [-0.1, -0.05) is 23.7 Å². The van der Waals surface area contributed by atoms with E-state index in [9.17, 15) is 10.1 Å². The van der Waals surface area contributed by atoms with Crippen molar-refractivity contribution in [3.63, 3.8) is 0 Å². The predicted molar refractivity (Wildman–Crippen MR) is 80.9 cm³/mol. The molecule has 0 unspecified atom stereocenters. The van der Waals surface area contributed by atoms with E-state index in [1.54, 1.807) is 30.3 Å². The number of benzene rings is 2. The molecule has 0 atom stereocenters. The molecule has 0 bridgehead atoms. The molecule has 0 saturated carbocycles. The summed E-state index contributed by atoms with van der Waals surface area (Å²) in [5.74, 6) is 0.927. The van der Waals surface area contributed by atoms with Gasteiger partial charge in [-0.25, -0.2) is 0 Å². The van der Waals surface area contributed by atoms with Crippen molar-refractivity contribution in [3.8, 4) is 11.5 Å². The molecule has 0 saturated heterocycles. The lowest BCUT2D eigenvalue weighted by molar-refractivity contribution is -0.383. The maximum absolute atomic E-state index is 11.0. The van der Waals surface area contributed by atoms with Gasteiger partial charge in [0.2, 0.25) is 0 Å². The third-order valence-electron chi connectivity index (χ3n) is 2.84. The van der Waals surface area contributed by atoms with E-state index < -0.39 is 4.92 Å². The number of anilines is 2. The summed E-state index contributed by atoms with van der Waals surface area (Å²) in [4.78, 5) is 10.6. The molecular formula is C14H13ClN2O4. The van der Waals surface area contributed by atoms with Gasteiger partial charge in [0.25, 0.3) is 5.69 Å². The van der Waals surface area contributed by atoms with Gasteiger partial charge >= 0.3 is 0 Å². The lowest BCUT2D eigenvalue weighted by Gasteiger charge is -2.13. The van der Waals surface area contributed by atoms with Crippen LogP contribution in [0.4, 0.5) is 17.1 Å². The van der Waals surface area contributed by atoms with Gasteiger partial charge in [-0.3, -0.25) is 10.1 Å². The Kier molecular flexibility index (Phi) is 4.49. The molecule has 0 aliphatic heterocycles. The van der Waals surface area contributed by atoms with Crippen molar-refractivity contribution in [2.45, 2.75) is 0 Å². The maximum atomic E-state index is 11.0. The lowest BCUT2D eigenvalue weighted by Crippen LogP contribution is -1.99. The molecule has 7 heteroatoms. The molecule has 0 heterocycles. The van der Waals surface area contributed by atoms with Gasteiger partial charge < -0.3 is 14.8 Å². The van der Waals surface area contributed by atoms with Gasteiger partial charge in [0.1, 0.15) is 17.2 Å². The molecule has 2 aromatic rings. The van der Waals surface area contributed by atoms with Crippen molar-refractivity contribution in [2.75, 3.05) is 19.5 Å². The van der Waals surface area contributed by atoms with Crippen LogP contribution in [0.2, 0.25) is 5.02 Å². The van der Waals surface area contributed by atoms with Crippen LogP contribution in [0.1, 0.15) is 0 Å². The van der Waals surface area contributed by atoms with Gasteiger partial charge in [-0.2, -0.15) is 0 Å². The molecule has 1 N–H and O–H groups in total. The molecule has 2 aromatic carbocycles. The van der Waals surface area contributed by atoms with Crippen molar-refractivity contribution in [1.82, 2.24) is 0 Å². The Morgan fingerprint density at radius 3 is 2.38 bits per heavy atom. The molecule has 6 nitrogen and oxygen atoms in total. The highest BCUT2D eigenvalue weighted by atomic mass is 35.5. The van der Waals surface area contributed by atoms with Crippen molar-refractivity contribution in [1.29, 1.82) is 0 Å². The third-order valence-corrected chi connectivity index (χ3v) is 3.14. The fourth-order valence-electron chi connectivity index (χ4n) is 1.84. The molecule has 110 valence electrons. The number of ether oxygens (including phenoxy) is 2. The summed E-state index contributed by atoms with van der Waals surface area (Å²) < 4.78 is 10.4. The van der Waals surface area contributed by atoms with E-state index in [1.807, 2.05) is 0 Å². The second kappa shape index (κ2) is 6.32. The average Bonchev–Trinajstić information content (AvgIpc) is 2.48. The van der Waals surface area contributed by atoms with Crippen LogP contribution < -0.4 is 14.8 Å². The van der Waals surface area contributed by atoms with Crippen molar-refractivity contribution >= 4 is 28.7 Å². The van der Waals surface area contributed by atoms with Gasteiger partial charge in [0.05, 0.1) is 29.9 Å². The van der Waals surface area contributed by atoms with E-state index in [4.69, 9.17) is 21.1 Å². The Morgan fingerprint density at radius 2 is 1.76 bits per heavy atom. The first-order valence-corrected chi connectivity index (χ1v) is 6.36. The molecule has 0 fully saturated rings. The summed E-state index contributed by atoms with van der Waals surface area (Å²) >= 11 is 6.07. The number of nitro benzene ring substituents is 1. The highest BCUT2D eigenvalue weighted by Crippen LogP contribution is 2.38.